The van der Waals surface area contributed by atoms with Gasteiger partial charge in [-0.1, -0.05) is 121 Å². The molecule has 0 nitrogen and oxygen atoms in total. The van der Waals surface area contributed by atoms with Gasteiger partial charge in [0, 0.05) is 0 Å². The quantitative estimate of drug-likeness (QED) is 0.369. The molecule has 2 rings (SSSR count). The number of allylic oxidation sites excluding steroid dienone is 8. The molecule has 24 heavy (non-hydrogen) atoms. The third-order valence-electron chi connectivity index (χ3n) is 3.38. The maximum atomic E-state index is 2.19. The molecule has 0 aliphatic carbocycles. The highest BCUT2D eigenvalue weighted by atomic mass is 13.9. The van der Waals surface area contributed by atoms with Gasteiger partial charge >= 0.3 is 0 Å². The van der Waals surface area contributed by atoms with Crippen LogP contribution in [-0.2, 0) is 0 Å². The minimum atomic E-state index is 0.965. The highest BCUT2D eigenvalue weighted by Gasteiger charge is 1.80. The molecule has 2 aromatic rings. The Balaban J connectivity index is 1.59. The van der Waals surface area contributed by atoms with Crippen LogP contribution in [0, 0.1) is 0 Å². The van der Waals surface area contributed by atoms with E-state index in [1.165, 1.54) is 11.1 Å². The molecule has 0 bridgehead atoms. The van der Waals surface area contributed by atoms with Crippen LogP contribution >= 0.6 is 0 Å². The normalized spacial score (nSPS) is 12.5. The summed E-state index contributed by atoms with van der Waals surface area (Å²) >= 11 is 0. The van der Waals surface area contributed by atoms with E-state index in [1.54, 1.807) is 0 Å². The van der Waals surface area contributed by atoms with Crippen molar-refractivity contribution in [2.75, 3.05) is 0 Å². The lowest BCUT2D eigenvalue weighted by Gasteiger charge is -1.88. The van der Waals surface area contributed by atoms with E-state index in [4.69, 9.17) is 0 Å². The monoisotopic (exact) mass is 312 g/mol. The molecule has 0 saturated carbocycles. The lowest BCUT2D eigenvalue weighted by molar-refractivity contribution is 1.31. The predicted molar refractivity (Wildman–Crippen MR) is 108 cm³/mol. The summed E-state index contributed by atoms with van der Waals surface area (Å²) in [5.74, 6) is 0. The van der Waals surface area contributed by atoms with Crippen LogP contribution in [0.2, 0.25) is 0 Å². The minimum Gasteiger partial charge on any atom is -0.0844 e. The van der Waals surface area contributed by atoms with Gasteiger partial charge in [0.15, 0.2) is 0 Å². The van der Waals surface area contributed by atoms with E-state index >= 15 is 0 Å². The zero-order chi connectivity index (χ0) is 16.7. The van der Waals surface area contributed by atoms with Crippen molar-refractivity contribution in [3.63, 3.8) is 0 Å². The molecule has 0 atom stereocenters. The van der Waals surface area contributed by atoms with Gasteiger partial charge < -0.3 is 0 Å². The number of benzene rings is 2. The summed E-state index contributed by atoms with van der Waals surface area (Å²) in [5.41, 5.74) is 2.46. The maximum Gasteiger partial charge on any atom is -0.0166 e. The third-order valence-corrected chi connectivity index (χ3v) is 3.38. The van der Waals surface area contributed by atoms with E-state index < -0.39 is 0 Å². The molecule has 0 aliphatic rings. The lowest BCUT2D eigenvalue weighted by atomic mass is 10.2. The van der Waals surface area contributed by atoms with Crippen LogP contribution in [0.25, 0.3) is 12.2 Å². The van der Waals surface area contributed by atoms with Crippen molar-refractivity contribution in [1.29, 1.82) is 0 Å². The molecule has 120 valence electrons. The van der Waals surface area contributed by atoms with Crippen LogP contribution < -0.4 is 0 Å². The van der Waals surface area contributed by atoms with E-state index in [9.17, 15) is 0 Å². The van der Waals surface area contributed by atoms with Gasteiger partial charge in [0.05, 0.1) is 0 Å². The average molecular weight is 312 g/mol. The van der Waals surface area contributed by atoms with E-state index in [0.29, 0.717) is 0 Å². The summed E-state index contributed by atoms with van der Waals surface area (Å²) in [6, 6.07) is 20.7. The van der Waals surface area contributed by atoms with Crippen molar-refractivity contribution in [3.05, 3.63) is 120 Å². The second-order valence-corrected chi connectivity index (χ2v) is 5.34. The Bertz CT molecular complexity index is 635. The summed E-state index contributed by atoms with van der Waals surface area (Å²) < 4.78 is 0. The third kappa shape index (κ3) is 7.95. The number of rotatable bonds is 8. The largest absolute Gasteiger partial charge is 0.0844 e. The second-order valence-electron chi connectivity index (χ2n) is 5.34. The van der Waals surface area contributed by atoms with E-state index in [1.807, 2.05) is 12.1 Å². The van der Waals surface area contributed by atoms with Crippen LogP contribution in [0.15, 0.2) is 109 Å². The molecule has 0 saturated heterocycles. The van der Waals surface area contributed by atoms with E-state index in [2.05, 4.69) is 109 Å². The molecular formula is C24H24. The highest BCUT2D eigenvalue weighted by molar-refractivity contribution is 5.51. The Morgan fingerprint density at radius 2 is 0.875 bits per heavy atom. The fourth-order valence-corrected chi connectivity index (χ4v) is 2.13. The van der Waals surface area contributed by atoms with E-state index in [-0.39, 0.29) is 0 Å². The van der Waals surface area contributed by atoms with Gasteiger partial charge in [0.25, 0.3) is 0 Å². The van der Waals surface area contributed by atoms with Crippen molar-refractivity contribution in [1.82, 2.24) is 0 Å². The zero-order valence-electron chi connectivity index (χ0n) is 14.0. The summed E-state index contributed by atoms with van der Waals surface area (Å²) in [5, 5.41) is 0. The minimum absolute atomic E-state index is 0.965. The first-order chi connectivity index (χ1) is 11.9. The molecule has 0 aromatic heterocycles. The molecule has 0 radical (unpaired) electrons. The Hall–Kier alpha value is -2.86. The highest BCUT2D eigenvalue weighted by Crippen LogP contribution is 2.02. The Morgan fingerprint density at radius 3 is 1.29 bits per heavy atom. The summed E-state index contributed by atoms with van der Waals surface area (Å²) in [7, 11) is 0. The van der Waals surface area contributed by atoms with Crippen molar-refractivity contribution in [2.45, 2.75) is 12.8 Å². The molecule has 0 unspecified atom stereocenters. The van der Waals surface area contributed by atoms with Gasteiger partial charge in [0.1, 0.15) is 0 Å². The van der Waals surface area contributed by atoms with Crippen molar-refractivity contribution >= 4 is 12.2 Å². The standard InChI is InChI=1S/C24H24/c1(3-5-7-11-17-23-19-13-9-14-20-23)2-4-6-8-12-18-24-21-15-10-16-22-24/h1-2,5-22H,3-4H2/b2-1+,7-5+,8-6+,17-11+,18-12+. The van der Waals surface area contributed by atoms with Gasteiger partial charge in [-0.25, -0.2) is 0 Å². The number of hydrogen-bond acceptors (Lipinski definition) is 0. The molecule has 0 amide bonds. The second kappa shape index (κ2) is 11.7. The van der Waals surface area contributed by atoms with E-state index in [0.717, 1.165) is 12.8 Å². The van der Waals surface area contributed by atoms with Crippen LogP contribution in [0.3, 0.4) is 0 Å². The first kappa shape index (κ1) is 17.5. The van der Waals surface area contributed by atoms with Gasteiger partial charge in [0.2, 0.25) is 0 Å². The molecule has 0 fully saturated rings. The van der Waals surface area contributed by atoms with Gasteiger partial charge in [-0.05, 0) is 24.0 Å². The summed E-state index contributed by atoms with van der Waals surface area (Å²) in [6.45, 7) is 0. The molecule has 0 spiro atoms. The Morgan fingerprint density at radius 1 is 0.458 bits per heavy atom. The van der Waals surface area contributed by atoms with Crippen molar-refractivity contribution in [2.24, 2.45) is 0 Å². The molecule has 2 aromatic carbocycles. The maximum absolute atomic E-state index is 2.19. The van der Waals surface area contributed by atoms with Crippen LogP contribution in [-0.4, -0.2) is 0 Å². The fourth-order valence-electron chi connectivity index (χ4n) is 2.13. The Labute approximate surface area is 145 Å². The molecular weight excluding hydrogens is 288 g/mol. The molecule has 0 N–H and O–H groups in total. The number of hydrogen-bond donors (Lipinski definition) is 0. The first-order valence-electron chi connectivity index (χ1n) is 8.37. The Kier molecular flexibility index (Phi) is 8.51. The topological polar surface area (TPSA) is 0 Å². The molecule has 0 aliphatic heterocycles. The average Bonchev–Trinajstić information content (AvgIpc) is 2.64. The smallest absolute Gasteiger partial charge is 0.0166 e. The van der Waals surface area contributed by atoms with Crippen LogP contribution in [0.4, 0.5) is 0 Å². The van der Waals surface area contributed by atoms with Gasteiger partial charge in [-0.15, -0.1) is 0 Å². The van der Waals surface area contributed by atoms with Gasteiger partial charge in [-0.3, -0.25) is 0 Å². The van der Waals surface area contributed by atoms with Gasteiger partial charge in [-0.2, -0.15) is 0 Å². The van der Waals surface area contributed by atoms with Crippen molar-refractivity contribution in [3.8, 4) is 0 Å². The summed E-state index contributed by atoms with van der Waals surface area (Å²) in [4.78, 5) is 0. The van der Waals surface area contributed by atoms with Crippen molar-refractivity contribution < 1.29 is 0 Å². The lowest BCUT2D eigenvalue weighted by Crippen LogP contribution is -1.67. The summed E-state index contributed by atoms with van der Waals surface area (Å²) in [6.07, 6.45) is 23.2. The van der Waals surface area contributed by atoms with Crippen LogP contribution in [0.5, 0.6) is 0 Å². The molecule has 0 heteroatoms. The zero-order valence-corrected chi connectivity index (χ0v) is 14.0. The van der Waals surface area contributed by atoms with Crippen LogP contribution in [0.1, 0.15) is 24.0 Å². The predicted octanol–water partition coefficient (Wildman–Crippen LogP) is 6.86. The first-order valence-corrected chi connectivity index (χ1v) is 8.37. The fraction of sp³-hybridized carbons (Fsp3) is 0.0833. The molecule has 0 heterocycles. The SMILES string of the molecule is C(/C=C/c1ccccc1)=C\C/C=C/C/C=C/C=C/c1ccccc1.